The summed E-state index contributed by atoms with van der Waals surface area (Å²) in [4.78, 5) is 29.0. The molecule has 1 N–H and O–H groups in total. The number of nitrogens with one attached hydrogen (secondary N) is 1. The van der Waals surface area contributed by atoms with Gasteiger partial charge in [-0.3, -0.25) is 13.9 Å². The number of sulfonamides is 1. The molecule has 8 nitrogen and oxygen atoms in total. The van der Waals surface area contributed by atoms with E-state index in [9.17, 15) is 18.0 Å². The van der Waals surface area contributed by atoms with Crippen LogP contribution in [0, 0.1) is 6.92 Å². The first kappa shape index (κ1) is 31.7. The zero-order chi connectivity index (χ0) is 29.8. The fourth-order valence-electron chi connectivity index (χ4n) is 4.75. The summed E-state index contributed by atoms with van der Waals surface area (Å²) in [5, 5.41) is 2.98. The van der Waals surface area contributed by atoms with Crippen LogP contribution in [0.5, 0.6) is 5.75 Å². The SMILES string of the molecule is CCCNC(=O)[C@H](Cc1ccccc1)N(Cc1cccc(C)c1)C(=O)CCCN(c1ccccc1OC)S(C)(=O)=O. The molecule has 3 aromatic rings. The molecular weight excluding hydrogens is 538 g/mol. The Balaban J connectivity index is 1.88. The summed E-state index contributed by atoms with van der Waals surface area (Å²) in [6.07, 6.45) is 2.62. The lowest BCUT2D eigenvalue weighted by molar-refractivity contribution is -0.141. The highest BCUT2D eigenvalue weighted by Crippen LogP contribution is 2.30. The number of aryl methyl sites for hydroxylation is 1. The summed E-state index contributed by atoms with van der Waals surface area (Å²) in [5.74, 6) is 0.0110. The highest BCUT2D eigenvalue weighted by atomic mass is 32.2. The van der Waals surface area contributed by atoms with Crippen LogP contribution >= 0.6 is 0 Å². The van der Waals surface area contributed by atoms with Gasteiger partial charge in [-0.1, -0.05) is 79.2 Å². The van der Waals surface area contributed by atoms with E-state index in [1.807, 2.05) is 68.4 Å². The lowest BCUT2D eigenvalue weighted by Gasteiger charge is -2.32. The van der Waals surface area contributed by atoms with Crippen molar-refractivity contribution in [3.8, 4) is 5.75 Å². The van der Waals surface area contributed by atoms with Crippen LogP contribution in [0.4, 0.5) is 5.69 Å². The maximum Gasteiger partial charge on any atom is 0.243 e. The van der Waals surface area contributed by atoms with Crippen molar-refractivity contribution in [2.45, 2.75) is 52.1 Å². The van der Waals surface area contributed by atoms with E-state index in [2.05, 4.69) is 5.32 Å². The van der Waals surface area contributed by atoms with Crippen LogP contribution < -0.4 is 14.4 Å². The van der Waals surface area contributed by atoms with E-state index in [1.54, 1.807) is 29.2 Å². The van der Waals surface area contributed by atoms with E-state index in [0.717, 1.165) is 29.4 Å². The average Bonchev–Trinajstić information content (AvgIpc) is 2.95. The van der Waals surface area contributed by atoms with Gasteiger partial charge in [0.1, 0.15) is 11.8 Å². The van der Waals surface area contributed by atoms with Gasteiger partial charge in [-0.05, 0) is 43.0 Å². The van der Waals surface area contributed by atoms with Crippen molar-refractivity contribution < 1.29 is 22.7 Å². The van der Waals surface area contributed by atoms with Gasteiger partial charge in [-0.15, -0.1) is 0 Å². The van der Waals surface area contributed by atoms with Crippen molar-refractivity contribution in [1.29, 1.82) is 0 Å². The minimum absolute atomic E-state index is 0.0688. The number of carbonyl (C=O) groups is 2. The Morgan fingerprint density at radius 1 is 0.951 bits per heavy atom. The van der Waals surface area contributed by atoms with Gasteiger partial charge in [0, 0.05) is 32.5 Å². The molecule has 220 valence electrons. The van der Waals surface area contributed by atoms with E-state index in [4.69, 9.17) is 4.74 Å². The highest BCUT2D eigenvalue weighted by molar-refractivity contribution is 7.92. The van der Waals surface area contributed by atoms with E-state index < -0.39 is 16.1 Å². The molecule has 0 aliphatic rings. The van der Waals surface area contributed by atoms with Gasteiger partial charge in [0.25, 0.3) is 0 Å². The third-order valence-electron chi connectivity index (χ3n) is 6.76. The van der Waals surface area contributed by atoms with Crippen molar-refractivity contribution in [3.05, 3.63) is 95.6 Å². The first-order chi connectivity index (χ1) is 19.6. The summed E-state index contributed by atoms with van der Waals surface area (Å²) in [6.45, 7) is 4.84. The highest BCUT2D eigenvalue weighted by Gasteiger charge is 2.30. The second-order valence-corrected chi connectivity index (χ2v) is 12.0. The molecule has 0 bridgehead atoms. The van der Waals surface area contributed by atoms with Crippen molar-refractivity contribution in [2.75, 3.05) is 30.8 Å². The summed E-state index contributed by atoms with van der Waals surface area (Å²) in [7, 11) is -2.15. The Bertz CT molecular complexity index is 1400. The van der Waals surface area contributed by atoms with Crippen LogP contribution in [-0.2, 0) is 32.6 Å². The molecule has 0 aliphatic carbocycles. The van der Waals surface area contributed by atoms with E-state index in [0.29, 0.717) is 24.4 Å². The predicted octanol–water partition coefficient (Wildman–Crippen LogP) is 4.72. The zero-order valence-corrected chi connectivity index (χ0v) is 25.2. The molecule has 2 amide bonds. The standard InChI is InChI=1S/C32H41N3O5S/c1-5-20-33-32(37)29(23-26-14-7-6-8-15-26)34(24-27-16-11-13-25(2)22-27)31(36)19-12-21-35(41(4,38)39)28-17-9-10-18-30(28)40-3/h6-11,13-18,22,29H,5,12,19-21,23-24H2,1-4H3,(H,33,37)/t29-/m0/s1. The number of hydrogen-bond acceptors (Lipinski definition) is 5. The van der Waals surface area contributed by atoms with E-state index in [-0.39, 0.29) is 37.7 Å². The second-order valence-electron chi connectivity index (χ2n) is 10.1. The molecule has 0 spiro atoms. The number of rotatable bonds is 15. The monoisotopic (exact) mass is 579 g/mol. The van der Waals surface area contributed by atoms with Crippen LogP contribution in [0.1, 0.15) is 42.9 Å². The van der Waals surface area contributed by atoms with Gasteiger partial charge in [0.05, 0.1) is 19.1 Å². The lowest BCUT2D eigenvalue weighted by Crippen LogP contribution is -2.50. The van der Waals surface area contributed by atoms with Gasteiger partial charge in [0.15, 0.2) is 0 Å². The van der Waals surface area contributed by atoms with Crippen molar-refractivity contribution in [2.24, 2.45) is 0 Å². The Kier molecular flexibility index (Phi) is 11.8. The molecule has 1 atom stereocenters. The molecule has 0 saturated carbocycles. The number of carbonyl (C=O) groups excluding carboxylic acids is 2. The molecule has 3 rings (SSSR count). The van der Waals surface area contributed by atoms with Crippen molar-refractivity contribution in [1.82, 2.24) is 10.2 Å². The summed E-state index contributed by atoms with van der Waals surface area (Å²) in [6, 6.07) is 23.7. The minimum Gasteiger partial charge on any atom is -0.495 e. The van der Waals surface area contributed by atoms with Crippen LogP contribution in [0.2, 0.25) is 0 Å². The summed E-state index contributed by atoms with van der Waals surface area (Å²) < 4.78 is 32.1. The predicted molar refractivity (Wildman–Crippen MR) is 163 cm³/mol. The quantitative estimate of drug-likeness (QED) is 0.281. The number of methoxy groups -OCH3 is 1. The molecule has 3 aromatic carbocycles. The smallest absolute Gasteiger partial charge is 0.243 e. The molecule has 0 unspecified atom stereocenters. The number of hydrogen-bond donors (Lipinski definition) is 1. The third kappa shape index (κ3) is 9.35. The van der Waals surface area contributed by atoms with Crippen LogP contribution in [-0.4, -0.2) is 57.6 Å². The van der Waals surface area contributed by atoms with Gasteiger partial charge < -0.3 is 15.0 Å². The number of benzene rings is 3. The Morgan fingerprint density at radius 2 is 1.63 bits per heavy atom. The largest absolute Gasteiger partial charge is 0.495 e. The maximum absolute atomic E-state index is 13.9. The average molecular weight is 580 g/mol. The normalized spacial score (nSPS) is 11.9. The third-order valence-corrected chi connectivity index (χ3v) is 7.94. The summed E-state index contributed by atoms with van der Waals surface area (Å²) in [5.41, 5.74) is 3.35. The van der Waals surface area contributed by atoms with Gasteiger partial charge in [-0.25, -0.2) is 8.42 Å². The molecule has 9 heteroatoms. The van der Waals surface area contributed by atoms with Crippen LogP contribution in [0.3, 0.4) is 0 Å². The number of ether oxygens (including phenoxy) is 1. The molecule has 0 fully saturated rings. The molecule has 0 radical (unpaired) electrons. The fraction of sp³-hybridized carbons (Fsp3) is 0.375. The number of nitrogens with zero attached hydrogens (tertiary/aromatic N) is 2. The first-order valence-electron chi connectivity index (χ1n) is 13.9. The molecule has 41 heavy (non-hydrogen) atoms. The lowest BCUT2D eigenvalue weighted by atomic mass is 10.0. The first-order valence-corrected chi connectivity index (χ1v) is 15.8. The molecular formula is C32H41N3O5S. The van der Waals surface area contributed by atoms with Crippen LogP contribution in [0.25, 0.3) is 0 Å². The Morgan fingerprint density at radius 3 is 2.29 bits per heavy atom. The second kappa shape index (κ2) is 15.2. The molecule has 0 saturated heterocycles. The van der Waals surface area contributed by atoms with Crippen LogP contribution in [0.15, 0.2) is 78.9 Å². The number of para-hydroxylation sites is 2. The van der Waals surface area contributed by atoms with E-state index in [1.165, 1.54) is 11.4 Å². The van der Waals surface area contributed by atoms with Gasteiger partial charge in [0.2, 0.25) is 21.8 Å². The Hall–Kier alpha value is -3.85. The summed E-state index contributed by atoms with van der Waals surface area (Å²) >= 11 is 0. The molecule has 0 heterocycles. The number of anilines is 1. The van der Waals surface area contributed by atoms with Crippen molar-refractivity contribution >= 4 is 27.5 Å². The number of amides is 2. The minimum atomic E-state index is -3.64. The van der Waals surface area contributed by atoms with Gasteiger partial charge in [-0.2, -0.15) is 0 Å². The van der Waals surface area contributed by atoms with Gasteiger partial charge >= 0.3 is 0 Å². The maximum atomic E-state index is 13.9. The topological polar surface area (TPSA) is 96.0 Å². The fourth-order valence-corrected chi connectivity index (χ4v) is 5.71. The van der Waals surface area contributed by atoms with Crippen molar-refractivity contribution in [3.63, 3.8) is 0 Å². The molecule has 0 aliphatic heterocycles. The molecule has 0 aromatic heterocycles. The zero-order valence-electron chi connectivity index (χ0n) is 24.4. The Labute approximate surface area is 244 Å². The van der Waals surface area contributed by atoms with E-state index >= 15 is 0 Å².